The van der Waals surface area contributed by atoms with Gasteiger partial charge >= 0.3 is 12.1 Å². The van der Waals surface area contributed by atoms with Crippen LogP contribution >= 0.6 is 0 Å². The second-order valence-corrected chi connectivity index (χ2v) is 14.3. The van der Waals surface area contributed by atoms with Crippen LogP contribution < -0.4 is 10.6 Å². The molecule has 0 aromatic heterocycles. The molecule has 0 unspecified atom stereocenters. The Bertz CT molecular complexity index is 1110. The van der Waals surface area contributed by atoms with Crippen molar-refractivity contribution < 1.29 is 38.4 Å². The van der Waals surface area contributed by atoms with Crippen LogP contribution in [0.1, 0.15) is 80.6 Å². The maximum absolute atomic E-state index is 12.4. The molecule has 0 aliphatic carbocycles. The summed E-state index contributed by atoms with van der Waals surface area (Å²) in [5, 5.41) is 15.9. The first-order valence-corrected chi connectivity index (χ1v) is 17.8. The third kappa shape index (κ3) is 12.0. The van der Waals surface area contributed by atoms with Gasteiger partial charge in [0.1, 0.15) is 0 Å². The fraction of sp³-hybridized carbons (Fsp3) is 0.806. The highest BCUT2D eigenvalue weighted by Gasteiger charge is 2.56. The smallest absolute Gasteiger partial charge is 0.409 e. The number of hydrogen-bond acceptors (Lipinski definition) is 8. The number of hydrogen-bond donors (Lipinski definition) is 3. The molecule has 3 N–H and O–H groups in total. The first-order valence-electron chi connectivity index (χ1n) is 17.8. The molecule has 3 aliphatic rings. The molecule has 3 rings (SSSR count). The number of aliphatic hydroxyl groups is 1. The van der Waals surface area contributed by atoms with Gasteiger partial charge in [0.05, 0.1) is 42.7 Å². The van der Waals surface area contributed by atoms with Crippen molar-refractivity contribution in [1.29, 1.82) is 0 Å². The Morgan fingerprint density at radius 3 is 2.38 bits per heavy atom. The van der Waals surface area contributed by atoms with E-state index in [-0.39, 0.29) is 54.0 Å². The van der Waals surface area contributed by atoms with E-state index in [1.165, 1.54) is 12.5 Å². The minimum Gasteiger partial charge on any atom is -0.449 e. The Balaban J connectivity index is 1.30. The van der Waals surface area contributed by atoms with Crippen LogP contribution in [0.2, 0.25) is 0 Å². The fourth-order valence-electron chi connectivity index (χ4n) is 7.17. The van der Waals surface area contributed by atoms with Crippen LogP contribution in [-0.2, 0) is 23.7 Å². The fourth-order valence-corrected chi connectivity index (χ4v) is 7.17. The normalized spacial score (nSPS) is 28.8. The summed E-state index contributed by atoms with van der Waals surface area (Å²) in [5.41, 5.74) is 0.949. The van der Waals surface area contributed by atoms with Crippen LogP contribution in [0.3, 0.4) is 0 Å². The maximum atomic E-state index is 12.4. The van der Waals surface area contributed by atoms with Gasteiger partial charge in [-0.25, -0.2) is 9.59 Å². The third-order valence-corrected chi connectivity index (χ3v) is 10.0. The van der Waals surface area contributed by atoms with Gasteiger partial charge in [0, 0.05) is 59.2 Å². The number of nitrogens with zero attached hydrogens (tertiary/aromatic N) is 2. The van der Waals surface area contributed by atoms with Crippen LogP contribution in [0.4, 0.5) is 9.59 Å². The highest BCUT2D eigenvalue weighted by Crippen LogP contribution is 2.47. The minimum absolute atomic E-state index is 0.00440. The summed E-state index contributed by atoms with van der Waals surface area (Å²) in [6.45, 7) is 17.3. The Morgan fingerprint density at radius 1 is 1.04 bits per heavy atom. The molecule has 3 saturated heterocycles. The molecular weight excluding hydrogens is 616 g/mol. The topological polar surface area (TPSA) is 142 Å². The number of epoxide rings is 1. The molecule has 0 aromatic rings. The second-order valence-electron chi connectivity index (χ2n) is 14.3. The Hall–Kier alpha value is -2.67. The van der Waals surface area contributed by atoms with Crippen molar-refractivity contribution in [2.24, 2.45) is 17.8 Å². The first-order chi connectivity index (χ1) is 22.7. The van der Waals surface area contributed by atoms with Crippen molar-refractivity contribution in [3.8, 4) is 0 Å². The lowest BCUT2D eigenvalue weighted by Gasteiger charge is -2.35. The predicted molar refractivity (Wildman–Crippen MR) is 184 cm³/mol. The minimum atomic E-state index is -0.545. The number of rotatable bonds is 16. The van der Waals surface area contributed by atoms with E-state index in [0.717, 1.165) is 19.3 Å². The van der Waals surface area contributed by atoms with Gasteiger partial charge in [0.2, 0.25) is 5.91 Å². The zero-order valence-electron chi connectivity index (χ0n) is 30.5. The lowest BCUT2D eigenvalue weighted by molar-refractivity contribution is -0.130. The van der Waals surface area contributed by atoms with E-state index < -0.39 is 6.10 Å². The highest BCUT2D eigenvalue weighted by molar-refractivity contribution is 5.74. The summed E-state index contributed by atoms with van der Waals surface area (Å²) >= 11 is 0. The highest BCUT2D eigenvalue weighted by atomic mass is 16.6. The van der Waals surface area contributed by atoms with Crippen molar-refractivity contribution in [1.82, 2.24) is 20.4 Å². The molecule has 12 heteroatoms. The van der Waals surface area contributed by atoms with Crippen molar-refractivity contribution in [2.45, 2.75) is 117 Å². The van der Waals surface area contributed by atoms with Gasteiger partial charge in [0.25, 0.3) is 0 Å². The van der Waals surface area contributed by atoms with Crippen molar-refractivity contribution in [2.75, 3.05) is 53.0 Å². The summed E-state index contributed by atoms with van der Waals surface area (Å²) < 4.78 is 23.4. The Kier molecular flexibility index (Phi) is 15.7. The van der Waals surface area contributed by atoms with Crippen LogP contribution in [0, 0.1) is 17.8 Å². The average Bonchev–Trinajstić information content (AvgIpc) is 3.72. The van der Waals surface area contributed by atoms with Crippen molar-refractivity contribution >= 4 is 18.0 Å². The summed E-state index contributed by atoms with van der Waals surface area (Å²) in [6.07, 6.45) is 9.47. The van der Waals surface area contributed by atoms with E-state index >= 15 is 0 Å². The first kappa shape index (κ1) is 39.8. The standard InChI is InChI=1S/C36H62N4O8/c1-24(22-36(7)33(48-36)27(4)32(45-8)28(5)41)12-11-13-25(2)31-26(3)14-15-30(47-31)23-38-34(43)37-16-9-10-21-46-35(44)40-19-17-39(18-20-40)29(6)42/h11-13,24,26-28,30-33,41H,9-10,14-23H2,1-8H3,(H2,37,38,43)/b12-11+,25-13+/t24-,26+,27-,28-,30+,31-,32-,33+,36+/m1/s1. The van der Waals surface area contributed by atoms with Crippen LogP contribution in [0.25, 0.3) is 0 Å². The molecule has 0 saturated carbocycles. The van der Waals surface area contributed by atoms with Crippen LogP contribution in [0.15, 0.2) is 23.8 Å². The molecule has 0 spiro atoms. The molecule has 3 fully saturated rings. The molecule has 4 amide bonds. The van der Waals surface area contributed by atoms with E-state index in [2.05, 4.69) is 63.5 Å². The molecule has 0 radical (unpaired) electrons. The molecule has 0 aromatic carbocycles. The monoisotopic (exact) mass is 678 g/mol. The molecule has 3 aliphatic heterocycles. The number of ether oxygens (including phenoxy) is 4. The number of urea groups is 1. The van der Waals surface area contributed by atoms with Crippen LogP contribution in [-0.4, -0.2) is 122 Å². The van der Waals surface area contributed by atoms with Gasteiger partial charge in [-0.2, -0.15) is 0 Å². The molecule has 48 heavy (non-hydrogen) atoms. The van der Waals surface area contributed by atoms with Gasteiger partial charge in [0.15, 0.2) is 0 Å². The second kappa shape index (κ2) is 18.9. The van der Waals surface area contributed by atoms with E-state index in [9.17, 15) is 19.5 Å². The number of aliphatic hydroxyl groups excluding tert-OH is 1. The summed E-state index contributed by atoms with van der Waals surface area (Å²) in [5.74, 6) is 0.835. The zero-order chi connectivity index (χ0) is 35.4. The Morgan fingerprint density at radius 2 is 1.73 bits per heavy atom. The van der Waals surface area contributed by atoms with Crippen molar-refractivity contribution in [3.05, 3.63) is 23.8 Å². The lowest BCUT2D eigenvalue weighted by atomic mass is 9.85. The van der Waals surface area contributed by atoms with Gasteiger partial charge in [-0.1, -0.05) is 39.0 Å². The number of nitrogens with one attached hydrogen (secondary N) is 2. The summed E-state index contributed by atoms with van der Waals surface area (Å²) in [6, 6.07) is -0.230. The number of unbranched alkanes of at least 4 members (excludes halogenated alkanes) is 1. The third-order valence-electron chi connectivity index (χ3n) is 10.0. The summed E-state index contributed by atoms with van der Waals surface area (Å²) in [4.78, 5) is 39.4. The number of carbonyl (C=O) groups excluding carboxylic acids is 3. The van der Waals surface area contributed by atoms with Gasteiger partial charge in [-0.3, -0.25) is 4.79 Å². The van der Waals surface area contributed by atoms with E-state index in [0.29, 0.717) is 70.6 Å². The lowest BCUT2D eigenvalue weighted by Crippen LogP contribution is -2.50. The number of carbonyl (C=O) groups is 3. The van der Waals surface area contributed by atoms with E-state index in [1.807, 2.05) is 0 Å². The molecule has 3 heterocycles. The predicted octanol–water partition coefficient (Wildman–Crippen LogP) is 4.27. The zero-order valence-corrected chi connectivity index (χ0v) is 30.5. The van der Waals surface area contributed by atoms with E-state index in [1.54, 1.807) is 23.8 Å². The van der Waals surface area contributed by atoms with Gasteiger partial charge < -0.3 is 44.5 Å². The van der Waals surface area contributed by atoms with Gasteiger partial charge in [-0.05, 0) is 70.3 Å². The molecular formula is C36H62N4O8. The Labute approximate surface area is 287 Å². The summed E-state index contributed by atoms with van der Waals surface area (Å²) in [7, 11) is 1.64. The molecule has 9 atom stereocenters. The molecule has 12 nitrogen and oxygen atoms in total. The number of allylic oxidation sites excluding steroid dienone is 3. The maximum Gasteiger partial charge on any atom is 0.409 e. The van der Waals surface area contributed by atoms with Gasteiger partial charge in [-0.15, -0.1) is 0 Å². The number of amides is 4. The average molecular weight is 679 g/mol. The van der Waals surface area contributed by atoms with Crippen molar-refractivity contribution in [3.63, 3.8) is 0 Å². The van der Waals surface area contributed by atoms with Crippen LogP contribution in [0.5, 0.6) is 0 Å². The van der Waals surface area contributed by atoms with E-state index in [4.69, 9.17) is 18.9 Å². The molecule has 274 valence electrons. The quantitative estimate of drug-likeness (QED) is 0.125. The SMILES string of the molecule is CO[C@H]([C@@H](C)[C@@H]1O[C@@]1(C)C[C@H](C)/C=C/C=C(\C)[C@H]1O[C@H](CNC(=O)NCCCCOC(=O)N2CCN(C(C)=O)CC2)CC[C@@H]1C)[C@@H](C)O. The largest absolute Gasteiger partial charge is 0.449 e. The number of methoxy groups -OCH3 is 1. The number of piperazine rings is 1. The molecule has 0 bridgehead atoms.